The highest BCUT2D eigenvalue weighted by Crippen LogP contribution is 2.15. The first-order valence-corrected chi connectivity index (χ1v) is 7.84. The molecule has 1 aromatic heterocycles. The highest BCUT2D eigenvalue weighted by atomic mass is 16.2. The van der Waals surface area contributed by atoms with Gasteiger partial charge >= 0.3 is 6.03 Å². The van der Waals surface area contributed by atoms with Gasteiger partial charge in [-0.05, 0) is 42.5 Å². The van der Waals surface area contributed by atoms with Crippen LogP contribution in [0.2, 0.25) is 0 Å². The van der Waals surface area contributed by atoms with Crippen molar-refractivity contribution in [1.82, 2.24) is 20.0 Å². The lowest BCUT2D eigenvalue weighted by Crippen LogP contribution is -2.44. The highest BCUT2D eigenvalue weighted by molar-refractivity contribution is 5.74. The number of nitrogens with zero attached hydrogens (tertiary/aromatic N) is 3. The summed E-state index contributed by atoms with van der Waals surface area (Å²) in [5.74, 6) is 0.604. The molecule has 1 atom stereocenters. The van der Waals surface area contributed by atoms with E-state index in [1.807, 2.05) is 46.1 Å². The lowest BCUT2D eigenvalue weighted by molar-refractivity contribution is 0.169. The number of likely N-dealkylation sites (tertiary alicyclic amines) is 1. The standard InChI is InChI=1S/C17H22N4O/c1-14-4-2-10-20(13-14)17(22)18-12-15-5-7-16(8-6-15)21-11-3-9-19-21/h3,5-9,11,14H,2,4,10,12-13H2,1H3,(H,18,22). The zero-order valence-electron chi connectivity index (χ0n) is 12.9. The maximum atomic E-state index is 12.2. The van der Waals surface area contributed by atoms with Crippen molar-refractivity contribution in [3.63, 3.8) is 0 Å². The van der Waals surface area contributed by atoms with Gasteiger partial charge < -0.3 is 10.2 Å². The Bertz CT molecular complexity index is 606. The normalized spacial score (nSPS) is 18.2. The minimum atomic E-state index is 0.0442. The lowest BCUT2D eigenvalue weighted by Gasteiger charge is -2.30. The van der Waals surface area contributed by atoms with Crippen LogP contribution in [0.1, 0.15) is 25.3 Å². The number of benzene rings is 1. The maximum Gasteiger partial charge on any atom is 0.317 e. The summed E-state index contributed by atoms with van der Waals surface area (Å²) in [5.41, 5.74) is 2.11. The number of nitrogens with one attached hydrogen (secondary N) is 1. The number of rotatable bonds is 3. The Balaban J connectivity index is 1.54. The molecule has 0 saturated carbocycles. The summed E-state index contributed by atoms with van der Waals surface area (Å²) >= 11 is 0. The molecule has 1 unspecified atom stereocenters. The minimum Gasteiger partial charge on any atom is -0.334 e. The number of hydrogen-bond acceptors (Lipinski definition) is 2. The number of urea groups is 1. The summed E-state index contributed by atoms with van der Waals surface area (Å²) < 4.78 is 1.82. The molecule has 0 spiro atoms. The van der Waals surface area contributed by atoms with Crippen molar-refractivity contribution in [2.45, 2.75) is 26.3 Å². The van der Waals surface area contributed by atoms with Gasteiger partial charge in [-0.1, -0.05) is 19.1 Å². The van der Waals surface area contributed by atoms with E-state index in [0.29, 0.717) is 12.5 Å². The van der Waals surface area contributed by atoms with Gasteiger partial charge in [0.05, 0.1) is 5.69 Å². The predicted octanol–water partition coefficient (Wildman–Crippen LogP) is 2.81. The van der Waals surface area contributed by atoms with E-state index in [1.54, 1.807) is 6.20 Å². The van der Waals surface area contributed by atoms with E-state index in [-0.39, 0.29) is 6.03 Å². The zero-order valence-corrected chi connectivity index (χ0v) is 12.9. The molecule has 1 saturated heterocycles. The Morgan fingerprint density at radius 3 is 2.86 bits per heavy atom. The van der Waals surface area contributed by atoms with Crippen molar-refractivity contribution in [1.29, 1.82) is 0 Å². The second-order valence-electron chi connectivity index (χ2n) is 5.97. The van der Waals surface area contributed by atoms with Gasteiger partial charge in [-0.25, -0.2) is 9.48 Å². The molecule has 116 valence electrons. The van der Waals surface area contributed by atoms with Gasteiger partial charge in [0.15, 0.2) is 0 Å². The molecule has 0 aliphatic carbocycles. The van der Waals surface area contributed by atoms with Crippen LogP contribution in [0.3, 0.4) is 0 Å². The molecule has 2 heterocycles. The van der Waals surface area contributed by atoms with Crippen LogP contribution in [0.5, 0.6) is 0 Å². The zero-order chi connectivity index (χ0) is 15.4. The van der Waals surface area contributed by atoms with Crippen LogP contribution in [-0.2, 0) is 6.54 Å². The van der Waals surface area contributed by atoms with Crippen molar-refractivity contribution in [3.8, 4) is 5.69 Å². The fraction of sp³-hybridized carbons (Fsp3) is 0.412. The molecule has 1 aliphatic rings. The van der Waals surface area contributed by atoms with Crippen LogP contribution in [0, 0.1) is 5.92 Å². The summed E-state index contributed by atoms with van der Waals surface area (Å²) in [6.45, 7) is 4.50. The number of amides is 2. The molecular formula is C17H22N4O. The minimum absolute atomic E-state index is 0.0442. The average molecular weight is 298 g/mol. The third kappa shape index (κ3) is 3.47. The molecule has 5 nitrogen and oxygen atoms in total. The van der Waals surface area contributed by atoms with E-state index in [9.17, 15) is 4.79 Å². The van der Waals surface area contributed by atoms with Gasteiger partial charge in [-0.2, -0.15) is 5.10 Å². The third-order valence-electron chi connectivity index (χ3n) is 4.09. The average Bonchev–Trinajstić information content (AvgIpc) is 3.07. The molecule has 1 N–H and O–H groups in total. The van der Waals surface area contributed by atoms with Gasteiger partial charge in [0.2, 0.25) is 0 Å². The van der Waals surface area contributed by atoms with Crippen LogP contribution in [0.25, 0.3) is 5.69 Å². The molecule has 1 aromatic carbocycles. The monoisotopic (exact) mass is 298 g/mol. The number of carbonyl (C=O) groups is 1. The fourth-order valence-corrected chi connectivity index (χ4v) is 2.85. The molecule has 1 aliphatic heterocycles. The quantitative estimate of drug-likeness (QED) is 0.947. The van der Waals surface area contributed by atoms with E-state index in [1.165, 1.54) is 6.42 Å². The molecule has 5 heteroatoms. The van der Waals surface area contributed by atoms with E-state index in [4.69, 9.17) is 0 Å². The summed E-state index contributed by atoms with van der Waals surface area (Å²) in [7, 11) is 0. The fourth-order valence-electron chi connectivity index (χ4n) is 2.85. The first kappa shape index (κ1) is 14.6. The molecule has 1 fully saturated rings. The van der Waals surface area contributed by atoms with Crippen LogP contribution >= 0.6 is 0 Å². The molecule has 22 heavy (non-hydrogen) atoms. The van der Waals surface area contributed by atoms with Gasteiger partial charge in [-0.15, -0.1) is 0 Å². The highest BCUT2D eigenvalue weighted by Gasteiger charge is 2.20. The van der Waals surface area contributed by atoms with E-state index < -0.39 is 0 Å². The van der Waals surface area contributed by atoms with Crippen molar-refractivity contribution < 1.29 is 4.79 Å². The largest absolute Gasteiger partial charge is 0.334 e. The van der Waals surface area contributed by atoms with Crippen molar-refractivity contribution in [2.75, 3.05) is 13.1 Å². The number of piperidine rings is 1. The topological polar surface area (TPSA) is 50.2 Å². The first-order valence-electron chi connectivity index (χ1n) is 7.84. The van der Waals surface area contributed by atoms with E-state index in [0.717, 1.165) is 30.8 Å². The SMILES string of the molecule is CC1CCCN(C(=O)NCc2ccc(-n3cccn3)cc2)C1. The van der Waals surface area contributed by atoms with Crippen LogP contribution in [0.4, 0.5) is 4.79 Å². The van der Waals surface area contributed by atoms with Crippen LogP contribution in [-0.4, -0.2) is 33.8 Å². The molecule has 3 rings (SSSR count). The summed E-state index contributed by atoms with van der Waals surface area (Å²) in [4.78, 5) is 14.1. The van der Waals surface area contributed by atoms with Crippen LogP contribution in [0.15, 0.2) is 42.7 Å². The van der Waals surface area contributed by atoms with E-state index >= 15 is 0 Å². The smallest absolute Gasteiger partial charge is 0.317 e. The van der Waals surface area contributed by atoms with Gasteiger partial charge in [-0.3, -0.25) is 0 Å². The maximum absolute atomic E-state index is 12.2. The van der Waals surface area contributed by atoms with Crippen molar-refractivity contribution in [2.24, 2.45) is 5.92 Å². The van der Waals surface area contributed by atoms with Gasteiger partial charge in [0.25, 0.3) is 0 Å². The molecule has 0 radical (unpaired) electrons. The molecule has 0 bridgehead atoms. The van der Waals surface area contributed by atoms with Crippen molar-refractivity contribution >= 4 is 6.03 Å². The van der Waals surface area contributed by atoms with Gasteiger partial charge in [0, 0.05) is 32.0 Å². The van der Waals surface area contributed by atoms with Crippen molar-refractivity contribution in [3.05, 3.63) is 48.3 Å². The Hall–Kier alpha value is -2.30. The van der Waals surface area contributed by atoms with Crippen LogP contribution < -0.4 is 5.32 Å². The summed E-state index contributed by atoms with van der Waals surface area (Å²) in [5, 5.41) is 7.21. The first-order chi connectivity index (χ1) is 10.7. The third-order valence-corrected chi connectivity index (χ3v) is 4.09. The Morgan fingerprint density at radius 2 is 2.18 bits per heavy atom. The molecule has 2 amide bonds. The Morgan fingerprint density at radius 1 is 1.36 bits per heavy atom. The number of carbonyl (C=O) groups excluding carboxylic acids is 1. The lowest BCUT2D eigenvalue weighted by atomic mass is 10.0. The van der Waals surface area contributed by atoms with Gasteiger partial charge in [0.1, 0.15) is 0 Å². The number of hydrogen-bond donors (Lipinski definition) is 1. The summed E-state index contributed by atoms with van der Waals surface area (Å²) in [6.07, 6.45) is 5.99. The second-order valence-corrected chi connectivity index (χ2v) is 5.97. The van der Waals surface area contributed by atoms with E-state index in [2.05, 4.69) is 17.3 Å². The second kappa shape index (κ2) is 6.64. The summed E-state index contributed by atoms with van der Waals surface area (Å²) in [6, 6.07) is 10.0. The molecular weight excluding hydrogens is 276 g/mol. The Labute approximate surface area is 130 Å². The number of aromatic nitrogens is 2. The molecule has 2 aromatic rings. The predicted molar refractivity (Wildman–Crippen MR) is 85.8 cm³/mol. The Kier molecular flexibility index (Phi) is 4.42.